The van der Waals surface area contributed by atoms with Crippen LogP contribution in [0.3, 0.4) is 0 Å². The molecule has 0 saturated heterocycles. The number of nitrogens with one attached hydrogen (secondary N) is 2. The number of carbonyl (C=O) groups is 2. The Morgan fingerprint density at radius 3 is 2.23 bits per heavy atom. The molecule has 0 aliphatic heterocycles. The third-order valence-electron chi connectivity index (χ3n) is 3.34. The number of hydrogen-bond donors (Lipinski definition) is 2. The van der Waals surface area contributed by atoms with Gasteiger partial charge in [0.1, 0.15) is 18.1 Å². The Morgan fingerprint density at radius 2 is 1.62 bits per heavy atom. The van der Waals surface area contributed by atoms with Gasteiger partial charge in [-0.25, -0.2) is 0 Å². The minimum atomic E-state index is -0.226. The Hall–Kier alpha value is -3.28. The molecular weight excluding hydrogens is 332 g/mol. The molecule has 0 heterocycles. The molecule has 26 heavy (non-hydrogen) atoms. The monoisotopic (exact) mass is 354 g/mol. The Labute approximate surface area is 152 Å². The first-order valence-corrected chi connectivity index (χ1v) is 8.27. The van der Waals surface area contributed by atoms with Crippen LogP contribution in [0.15, 0.2) is 61.2 Å². The lowest BCUT2D eigenvalue weighted by molar-refractivity contribution is -0.122. The Balaban J connectivity index is 1.88. The third kappa shape index (κ3) is 5.98. The van der Waals surface area contributed by atoms with Crippen molar-refractivity contribution < 1.29 is 19.1 Å². The summed E-state index contributed by atoms with van der Waals surface area (Å²) in [6.07, 6.45) is 1.66. The van der Waals surface area contributed by atoms with Crippen molar-refractivity contribution in [3.05, 3.63) is 66.7 Å². The van der Waals surface area contributed by atoms with E-state index in [2.05, 4.69) is 17.2 Å². The maximum Gasteiger partial charge on any atom is 0.257 e. The second-order valence-corrected chi connectivity index (χ2v) is 5.34. The zero-order valence-electron chi connectivity index (χ0n) is 14.7. The standard InChI is InChI=1S/C20H22N2O4/c1-3-13-25-17-9-5-15(6-10-17)20(24)22-16-7-11-18(12-8-16)26-14-19(23)21-4-2/h3,5-12H,1,4,13-14H2,2H3,(H,21,23)(H,22,24). The summed E-state index contributed by atoms with van der Waals surface area (Å²) in [4.78, 5) is 23.6. The Kier molecular flexibility index (Phi) is 7.24. The van der Waals surface area contributed by atoms with Gasteiger partial charge in [-0.1, -0.05) is 12.7 Å². The molecule has 0 unspecified atom stereocenters. The second kappa shape index (κ2) is 9.88. The van der Waals surface area contributed by atoms with Crippen molar-refractivity contribution in [1.82, 2.24) is 5.32 Å². The van der Waals surface area contributed by atoms with Crippen molar-refractivity contribution in [2.45, 2.75) is 6.92 Å². The molecule has 0 spiro atoms. The fourth-order valence-electron chi connectivity index (χ4n) is 2.09. The van der Waals surface area contributed by atoms with E-state index in [1.165, 1.54) is 0 Å². The van der Waals surface area contributed by atoms with Crippen molar-refractivity contribution in [2.75, 3.05) is 25.1 Å². The van der Waals surface area contributed by atoms with E-state index in [0.29, 0.717) is 35.9 Å². The number of rotatable bonds is 9. The predicted molar refractivity (Wildman–Crippen MR) is 101 cm³/mol. The molecule has 2 amide bonds. The molecular formula is C20H22N2O4. The van der Waals surface area contributed by atoms with Crippen LogP contribution in [0, 0.1) is 0 Å². The molecule has 2 aromatic carbocycles. The van der Waals surface area contributed by atoms with Crippen LogP contribution in [0.1, 0.15) is 17.3 Å². The second-order valence-electron chi connectivity index (χ2n) is 5.34. The smallest absolute Gasteiger partial charge is 0.257 e. The number of carbonyl (C=O) groups excluding carboxylic acids is 2. The van der Waals surface area contributed by atoms with E-state index in [0.717, 1.165) is 0 Å². The number of hydrogen-bond acceptors (Lipinski definition) is 4. The van der Waals surface area contributed by atoms with Gasteiger partial charge in [-0.2, -0.15) is 0 Å². The van der Waals surface area contributed by atoms with Crippen LogP contribution in [-0.4, -0.2) is 31.6 Å². The molecule has 0 radical (unpaired) electrons. The molecule has 6 nitrogen and oxygen atoms in total. The molecule has 0 bridgehead atoms. The van der Waals surface area contributed by atoms with Gasteiger partial charge in [-0.05, 0) is 55.5 Å². The van der Waals surface area contributed by atoms with Gasteiger partial charge in [-0.3, -0.25) is 9.59 Å². The van der Waals surface area contributed by atoms with Crippen LogP contribution in [0.4, 0.5) is 5.69 Å². The number of anilines is 1. The van der Waals surface area contributed by atoms with Crippen molar-refractivity contribution in [2.24, 2.45) is 0 Å². The molecule has 2 N–H and O–H groups in total. The molecule has 2 aromatic rings. The highest BCUT2D eigenvalue weighted by molar-refractivity contribution is 6.04. The SMILES string of the molecule is C=CCOc1ccc(C(=O)Nc2ccc(OCC(=O)NCC)cc2)cc1. The first kappa shape index (κ1) is 19.1. The lowest BCUT2D eigenvalue weighted by atomic mass is 10.2. The summed E-state index contributed by atoms with van der Waals surface area (Å²) in [5, 5.41) is 5.45. The van der Waals surface area contributed by atoms with Gasteiger partial charge < -0.3 is 20.1 Å². The van der Waals surface area contributed by atoms with Crippen molar-refractivity contribution in [3.63, 3.8) is 0 Å². The summed E-state index contributed by atoms with van der Waals surface area (Å²) in [5.74, 6) is 0.828. The van der Waals surface area contributed by atoms with E-state index in [1.807, 2.05) is 6.92 Å². The van der Waals surface area contributed by atoms with Crippen molar-refractivity contribution in [3.8, 4) is 11.5 Å². The maximum absolute atomic E-state index is 12.3. The molecule has 0 aliphatic carbocycles. The van der Waals surface area contributed by atoms with Crippen LogP contribution in [-0.2, 0) is 4.79 Å². The fourth-order valence-corrected chi connectivity index (χ4v) is 2.09. The Morgan fingerprint density at radius 1 is 1.00 bits per heavy atom. The van der Waals surface area contributed by atoms with Crippen LogP contribution in [0.2, 0.25) is 0 Å². The highest BCUT2D eigenvalue weighted by Gasteiger charge is 2.07. The van der Waals surface area contributed by atoms with Crippen LogP contribution >= 0.6 is 0 Å². The topological polar surface area (TPSA) is 76.7 Å². The number of amides is 2. The zero-order valence-corrected chi connectivity index (χ0v) is 14.7. The summed E-state index contributed by atoms with van der Waals surface area (Å²) in [6.45, 7) is 6.37. The summed E-state index contributed by atoms with van der Waals surface area (Å²) in [6, 6.07) is 13.7. The van der Waals surface area contributed by atoms with Gasteiger partial charge in [-0.15, -0.1) is 0 Å². The first-order valence-electron chi connectivity index (χ1n) is 8.27. The van der Waals surface area contributed by atoms with Crippen molar-refractivity contribution in [1.29, 1.82) is 0 Å². The largest absolute Gasteiger partial charge is 0.490 e. The lowest BCUT2D eigenvalue weighted by Crippen LogP contribution is -2.28. The molecule has 0 atom stereocenters. The first-order chi connectivity index (χ1) is 12.6. The number of likely N-dealkylation sites (N-methyl/N-ethyl adjacent to an activating group) is 1. The van der Waals surface area contributed by atoms with E-state index in [1.54, 1.807) is 54.6 Å². The van der Waals surface area contributed by atoms with Gasteiger partial charge >= 0.3 is 0 Å². The lowest BCUT2D eigenvalue weighted by Gasteiger charge is -2.09. The van der Waals surface area contributed by atoms with Crippen LogP contribution in [0.5, 0.6) is 11.5 Å². The summed E-state index contributed by atoms with van der Waals surface area (Å²) in [7, 11) is 0. The normalized spacial score (nSPS) is 9.88. The number of benzene rings is 2. The highest BCUT2D eigenvalue weighted by atomic mass is 16.5. The predicted octanol–water partition coefficient (Wildman–Crippen LogP) is 3.02. The van der Waals surface area contributed by atoms with Crippen molar-refractivity contribution >= 4 is 17.5 Å². The Bertz CT molecular complexity index is 739. The molecule has 2 rings (SSSR count). The molecule has 0 aromatic heterocycles. The quantitative estimate of drug-likeness (QED) is 0.679. The maximum atomic E-state index is 12.3. The van der Waals surface area contributed by atoms with Gasteiger partial charge in [0, 0.05) is 17.8 Å². The molecule has 6 heteroatoms. The minimum absolute atomic E-state index is 0.0418. The van der Waals surface area contributed by atoms with E-state index in [4.69, 9.17) is 9.47 Å². The van der Waals surface area contributed by atoms with Gasteiger partial charge in [0.05, 0.1) is 0 Å². The third-order valence-corrected chi connectivity index (χ3v) is 3.34. The van der Waals surface area contributed by atoms with E-state index in [-0.39, 0.29) is 18.4 Å². The van der Waals surface area contributed by atoms with E-state index >= 15 is 0 Å². The minimum Gasteiger partial charge on any atom is -0.490 e. The van der Waals surface area contributed by atoms with E-state index in [9.17, 15) is 9.59 Å². The van der Waals surface area contributed by atoms with Gasteiger partial charge in [0.2, 0.25) is 0 Å². The summed E-state index contributed by atoms with van der Waals surface area (Å²) >= 11 is 0. The average Bonchev–Trinajstić information content (AvgIpc) is 2.66. The zero-order chi connectivity index (χ0) is 18.8. The highest BCUT2D eigenvalue weighted by Crippen LogP contribution is 2.17. The van der Waals surface area contributed by atoms with Gasteiger partial charge in [0.25, 0.3) is 11.8 Å². The van der Waals surface area contributed by atoms with Crippen LogP contribution < -0.4 is 20.1 Å². The summed E-state index contributed by atoms with van der Waals surface area (Å²) < 4.78 is 10.7. The molecule has 0 saturated carbocycles. The van der Waals surface area contributed by atoms with Gasteiger partial charge in [0.15, 0.2) is 6.61 Å². The molecule has 136 valence electrons. The number of ether oxygens (including phenoxy) is 2. The average molecular weight is 354 g/mol. The summed E-state index contributed by atoms with van der Waals surface area (Å²) in [5.41, 5.74) is 1.15. The molecule has 0 fully saturated rings. The fraction of sp³-hybridized carbons (Fsp3) is 0.200. The van der Waals surface area contributed by atoms with E-state index < -0.39 is 0 Å². The molecule has 0 aliphatic rings. The van der Waals surface area contributed by atoms with Crippen LogP contribution in [0.25, 0.3) is 0 Å².